The third-order valence-electron chi connectivity index (χ3n) is 5.04. The summed E-state index contributed by atoms with van der Waals surface area (Å²) in [7, 11) is 1.75. The molecule has 158 valence electrons. The SMILES string of the molecule is Cn1nnc(-c2ccc(C(c3ccc(OCc4ccccn4)cc3)C(C)(C)C)nc2)n1. The largest absolute Gasteiger partial charge is 0.487 e. The van der Waals surface area contributed by atoms with Crippen LogP contribution in [0.1, 0.15) is 43.6 Å². The van der Waals surface area contributed by atoms with Gasteiger partial charge in [-0.3, -0.25) is 9.97 Å². The summed E-state index contributed by atoms with van der Waals surface area (Å²) in [5.41, 5.74) is 3.93. The molecule has 4 rings (SSSR count). The topological polar surface area (TPSA) is 78.6 Å². The summed E-state index contributed by atoms with van der Waals surface area (Å²) in [6.45, 7) is 7.12. The van der Waals surface area contributed by atoms with Gasteiger partial charge in [-0.25, -0.2) is 0 Å². The monoisotopic (exact) mass is 414 g/mol. The molecular formula is C24H26N6O. The van der Waals surface area contributed by atoms with Crippen molar-refractivity contribution < 1.29 is 4.74 Å². The summed E-state index contributed by atoms with van der Waals surface area (Å²) < 4.78 is 5.88. The number of hydrogen-bond acceptors (Lipinski definition) is 6. The van der Waals surface area contributed by atoms with E-state index >= 15 is 0 Å². The highest BCUT2D eigenvalue weighted by Gasteiger charge is 2.29. The molecule has 7 heteroatoms. The zero-order valence-electron chi connectivity index (χ0n) is 18.2. The van der Waals surface area contributed by atoms with Crippen molar-refractivity contribution in [3.63, 3.8) is 0 Å². The minimum atomic E-state index is -0.0182. The Labute approximate surface area is 182 Å². The first-order valence-electron chi connectivity index (χ1n) is 10.2. The molecule has 1 unspecified atom stereocenters. The van der Waals surface area contributed by atoms with Crippen LogP contribution in [0.25, 0.3) is 11.4 Å². The third-order valence-corrected chi connectivity index (χ3v) is 5.04. The average molecular weight is 415 g/mol. The maximum Gasteiger partial charge on any atom is 0.206 e. The lowest BCUT2D eigenvalue weighted by molar-refractivity contribution is 0.300. The predicted molar refractivity (Wildman–Crippen MR) is 118 cm³/mol. The van der Waals surface area contributed by atoms with Crippen LogP contribution in [0, 0.1) is 5.41 Å². The van der Waals surface area contributed by atoms with Crippen LogP contribution in [0.15, 0.2) is 67.0 Å². The van der Waals surface area contributed by atoms with E-state index in [1.165, 1.54) is 10.4 Å². The quantitative estimate of drug-likeness (QED) is 0.465. The molecule has 7 nitrogen and oxygen atoms in total. The van der Waals surface area contributed by atoms with Crippen LogP contribution < -0.4 is 4.74 Å². The van der Waals surface area contributed by atoms with Gasteiger partial charge in [-0.2, -0.15) is 4.80 Å². The van der Waals surface area contributed by atoms with Gasteiger partial charge in [0.15, 0.2) is 0 Å². The molecule has 0 bridgehead atoms. The zero-order valence-corrected chi connectivity index (χ0v) is 18.2. The molecule has 0 saturated carbocycles. The van der Waals surface area contributed by atoms with Crippen molar-refractivity contribution in [1.82, 2.24) is 30.2 Å². The van der Waals surface area contributed by atoms with E-state index < -0.39 is 0 Å². The number of hydrogen-bond donors (Lipinski definition) is 0. The second-order valence-electron chi connectivity index (χ2n) is 8.55. The van der Waals surface area contributed by atoms with Crippen LogP contribution in [0.3, 0.4) is 0 Å². The van der Waals surface area contributed by atoms with E-state index in [0.717, 1.165) is 22.7 Å². The Balaban J connectivity index is 1.54. The number of aromatic nitrogens is 6. The van der Waals surface area contributed by atoms with Gasteiger partial charge in [-0.15, -0.1) is 10.2 Å². The van der Waals surface area contributed by atoms with Crippen LogP contribution in [0.5, 0.6) is 5.75 Å². The van der Waals surface area contributed by atoms with Gasteiger partial charge in [0.1, 0.15) is 12.4 Å². The van der Waals surface area contributed by atoms with Gasteiger partial charge >= 0.3 is 0 Å². The van der Waals surface area contributed by atoms with E-state index in [0.29, 0.717) is 12.4 Å². The molecule has 0 N–H and O–H groups in total. The Bertz CT molecular complexity index is 1120. The molecule has 0 fully saturated rings. The second kappa shape index (κ2) is 8.63. The van der Waals surface area contributed by atoms with Gasteiger partial charge in [0.25, 0.3) is 0 Å². The van der Waals surface area contributed by atoms with E-state index in [4.69, 9.17) is 9.72 Å². The van der Waals surface area contributed by atoms with Crippen LogP contribution >= 0.6 is 0 Å². The van der Waals surface area contributed by atoms with Crippen molar-refractivity contribution in [3.8, 4) is 17.1 Å². The average Bonchev–Trinajstić information content (AvgIpc) is 3.20. The van der Waals surface area contributed by atoms with Crippen LogP contribution in [0.4, 0.5) is 0 Å². The molecule has 31 heavy (non-hydrogen) atoms. The Kier molecular flexibility index (Phi) is 5.75. The highest BCUT2D eigenvalue weighted by Crippen LogP contribution is 2.40. The normalized spacial score (nSPS) is 12.5. The van der Waals surface area contributed by atoms with Gasteiger partial charge in [-0.05, 0) is 52.6 Å². The molecular weight excluding hydrogens is 388 g/mol. The Morgan fingerprint density at radius 2 is 1.77 bits per heavy atom. The smallest absolute Gasteiger partial charge is 0.206 e. The van der Waals surface area contributed by atoms with Crippen molar-refractivity contribution >= 4 is 0 Å². The Morgan fingerprint density at radius 3 is 2.35 bits per heavy atom. The summed E-state index contributed by atoms with van der Waals surface area (Å²) in [6, 6.07) is 18.1. The van der Waals surface area contributed by atoms with Crippen LogP contribution in [-0.4, -0.2) is 30.2 Å². The zero-order chi connectivity index (χ0) is 21.8. The fraction of sp³-hybridized carbons (Fsp3) is 0.292. The van der Waals surface area contributed by atoms with Crippen LogP contribution in [0.2, 0.25) is 0 Å². The van der Waals surface area contributed by atoms with Crippen molar-refractivity contribution in [2.45, 2.75) is 33.3 Å². The molecule has 0 aliphatic rings. The fourth-order valence-electron chi connectivity index (χ4n) is 3.62. The molecule has 0 aliphatic heterocycles. The highest BCUT2D eigenvalue weighted by molar-refractivity contribution is 5.52. The van der Waals surface area contributed by atoms with Gasteiger partial charge < -0.3 is 4.74 Å². The lowest BCUT2D eigenvalue weighted by Gasteiger charge is -2.31. The van der Waals surface area contributed by atoms with E-state index in [-0.39, 0.29) is 11.3 Å². The standard InChI is InChI=1S/C24H26N6O/c1-24(2,3)22(21-13-10-18(15-26-21)23-27-29-30(4)28-23)17-8-11-20(12-9-17)31-16-19-7-5-6-14-25-19/h5-15,22H,16H2,1-4H3. The molecule has 4 aromatic rings. The van der Waals surface area contributed by atoms with Gasteiger partial charge in [0.05, 0.1) is 12.7 Å². The maximum absolute atomic E-state index is 5.88. The van der Waals surface area contributed by atoms with Crippen LogP contribution in [-0.2, 0) is 13.7 Å². The van der Waals surface area contributed by atoms with E-state index in [1.54, 1.807) is 13.2 Å². The number of rotatable bonds is 6. The number of benzene rings is 1. The summed E-state index contributed by atoms with van der Waals surface area (Å²) in [5.74, 6) is 1.52. The van der Waals surface area contributed by atoms with Crippen molar-refractivity contribution in [2.75, 3.05) is 0 Å². The predicted octanol–water partition coefficient (Wildman–Crippen LogP) is 4.42. The van der Waals surface area contributed by atoms with E-state index in [9.17, 15) is 0 Å². The summed E-state index contributed by atoms with van der Waals surface area (Å²) in [4.78, 5) is 10.5. The van der Waals surface area contributed by atoms with Crippen molar-refractivity contribution in [2.24, 2.45) is 12.5 Å². The second-order valence-corrected chi connectivity index (χ2v) is 8.55. The first-order chi connectivity index (χ1) is 14.9. The molecule has 1 aromatic carbocycles. The fourth-order valence-corrected chi connectivity index (χ4v) is 3.62. The first kappa shape index (κ1) is 20.7. The number of nitrogens with zero attached hydrogens (tertiary/aromatic N) is 6. The lowest BCUT2D eigenvalue weighted by Crippen LogP contribution is -2.20. The molecule has 0 aliphatic carbocycles. The van der Waals surface area contributed by atoms with Crippen molar-refractivity contribution in [3.05, 3.63) is 83.9 Å². The van der Waals surface area contributed by atoms with Gasteiger partial charge in [-0.1, -0.05) is 39.0 Å². The molecule has 0 spiro atoms. The number of pyridine rings is 2. The number of tetrazole rings is 1. The number of aryl methyl sites for hydroxylation is 1. The third kappa shape index (κ3) is 4.94. The first-order valence-corrected chi connectivity index (χ1v) is 10.2. The Hall–Kier alpha value is -3.61. The summed E-state index contributed by atoms with van der Waals surface area (Å²) in [5, 5.41) is 12.2. The number of ether oxygens (including phenoxy) is 1. The molecule has 3 heterocycles. The molecule has 1 atom stereocenters. The molecule has 0 radical (unpaired) electrons. The highest BCUT2D eigenvalue weighted by atomic mass is 16.5. The lowest BCUT2D eigenvalue weighted by atomic mass is 9.74. The van der Waals surface area contributed by atoms with E-state index in [1.807, 2.05) is 48.7 Å². The minimum Gasteiger partial charge on any atom is -0.487 e. The molecule has 0 amide bonds. The maximum atomic E-state index is 5.88. The Morgan fingerprint density at radius 1 is 0.968 bits per heavy atom. The summed E-state index contributed by atoms with van der Waals surface area (Å²) in [6.07, 6.45) is 3.59. The van der Waals surface area contributed by atoms with Gasteiger partial charge in [0, 0.05) is 29.6 Å². The van der Waals surface area contributed by atoms with Crippen molar-refractivity contribution in [1.29, 1.82) is 0 Å². The van der Waals surface area contributed by atoms with E-state index in [2.05, 4.69) is 53.3 Å². The minimum absolute atomic E-state index is 0.0182. The molecule has 3 aromatic heterocycles. The summed E-state index contributed by atoms with van der Waals surface area (Å²) >= 11 is 0. The van der Waals surface area contributed by atoms with Gasteiger partial charge in [0.2, 0.25) is 5.82 Å². The molecule has 0 saturated heterocycles.